The molecule has 21 heavy (non-hydrogen) atoms. The van der Waals surface area contributed by atoms with E-state index in [0.717, 1.165) is 4.90 Å². The first-order chi connectivity index (χ1) is 9.88. The molecule has 0 aromatic heterocycles. The van der Waals surface area contributed by atoms with E-state index >= 15 is 0 Å². The fourth-order valence-electron chi connectivity index (χ4n) is 1.61. The maximum Gasteiger partial charge on any atom is 0.243 e. The van der Waals surface area contributed by atoms with Crippen LogP contribution in [0.2, 0.25) is 0 Å². The van der Waals surface area contributed by atoms with Crippen molar-refractivity contribution in [2.45, 2.75) is 37.8 Å². The molecule has 6 heteroatoms. The number of benzene rings is 1. The number of amides is 2. The summed E-state index contributed by atoms with van der Waals surface area (Å²) in [7, 11) is 0. The van der Waals surface area contributed by atoms with Crippen molar-refractivity contribution in [3.63, 3.8) is 0 Å². The number of nitrogens with one attached hydrogen (secondary N) is 2. The SMILES string of the molecule is CC(=O)NC(CSc1ccc(C)cc1)C(=O)NCC(C)O. The molecule has 1 rings (SSSR count). The number of aliphatic hydroxyl groups is 1. The zero-order valence-corrected chi connectivity index (χ0v) is 13.4. The number of rotatable bonds is 7. The van der Waals surface area contributed by atoms with E-state index in [1.165, 1.54) is 24.2 Å². The predicted molar refractivity (Wildman–Crippen MR) is 84.2 cm³/mol. The van der Waals surface area contributed by atoms with Gasteiger partial charge in [0.25, 0.3) is 0 Å². The summed E-state index contributed by atoms with van der Waals surface area (Å²) in [5.41, 5.74) is 1.17. The second-order valence-electron chi connectivity index (χ2n) is 4.97. The summed E-state index contributed by atoms with van der Waals surface area (Å²) in [6, 6.07) is 7.36. The lowest BCUT2D eigenvalue weighted by atomic mass is 10.2. The van der Waals surface area contributed by atoms with E-state index in [9.17, 15) is 14.7 Å². The minimum atomic E-state index is -0.618. The summed E-state index contributed by atoms with van der Waals surface area (Å²) >= 11 is 1.50. The number of hydrogen-bond acceptors (Lipinski definition) is 4. The second-order valence-corrected chi connectivity index (χ2v) is 6.06. The number of hydrogen-bond donors (Lipinski definition) is 3. The molecule has 0 aliphatic rings. The normalized spacial score (nSPS) is 13.3. The van der Waals surface area contributed by atoms with Gasteiger partial charge < -0.3 is 15.7 Å². The zero-order chi connectivity index (χ0) is 15.8. The maximum atomic E-state index is 12.0. The first-order valence-electron chi connectivity index (χ1n) is 6.81. The van der Waals surface area contributed by atoms with Crippen LogP contribution in [-0.2, 0) is 9.59 Å². The van der Waals surface area contributed by atoms with Crippen molar-refractivity contribution in [2.24, 2.45) is 0 Å². The van der Waals surface area contributed by atoms with Crippen LogP contribution in [0.25, 0.3) is 0 Å². The topological polar surface area (TPSA) is 78.4 Å². The van der Waals surface area contributed by atoms with Crippen LogP contribution < -0.4 is 10.6 Å². The molecule has 0 aliphatic carbocycles. The summed E-state index contributed by atoms with van der Waals surface area (Å²) < 4.78 is 0. The molecule has 3 N–H and O–H groups in total. The third kappa shape index (κ3) is 7.15. The largest absolute Gasteiger partial charge is 0.392 e. The van der Waals surface area contributed by atoms with E-state index < -0.39 is 12.1 Å². The fourth-order valence-corrected chi connectivity index (χ4v) is 2.54. The van der Waals surface area contributed by atoms with Gasteiger partial charge in [0, 0.05) is 24.1 Å². The molecule has 1 aromatic carbocycles. The molecule has 1 aromatic rings. The van der Waals surface area contributed by atoms with Gasteiger partial charge in [-0.2, -0.15) is 0 Å². The third-order valence-electron chi connectivity index (χ3n) is 2.70. The number of carbonyl (C=O) groups is 2. The van der Waals surface area contributed by atoms with Gasteiger partial charge in [-0.1, -0.05) is 17.7 Å². The first kappa shape index (κ1) is 17.5. The lowest BCUT2D eigenvalue weighted by Crippen LogP contribution is -2.48. The van der Waals surface area contributed by atoms with Crippen molar-refractivity contribution < 1.29 is 14.7 Å². The van der Waals surface area contributed by atoms with Crippen molar-refractivity contribution in [3.8, 4) is 0 Å². The highest BCUT2D eigenvalue weighted by molar-refractivity contribution is 7.99. The molecule has 0 heterocycles. The Morgan fingerprint density at radius 2 is 1.90 bits per heavy atom. The second kappa shape index (κ2) is 8.69. The van der Waals surface area contributed by atoms with Crippen LogP contribution in [0, 0.1) is 6.92 Å². The summed E-state index contributed by atoms with van der Waals surface area (Å²) in [5.74, 6) is -0.101. The fraction of sp³-hybridized carbons (Fsp3) is 0.467. The molecular weight excluding hydrogens is 288 g/mol. The minimum absolute atomic E-state index is 0.171. The van der Waals surface area contributed by atoms with Gasteiger partial charge in [0.15, 0.2) is 0 Å². The molecule has 5 nitrogen and oxygen atoms in total. The number of aryl methyl sites for hydroxylation is 1. The predicted octanol–water partition coefficient (Wildman–Crippen LogP) is 1.09. The van der Waals surface area contributed by atoms with E-state index in [4.69, 9.17) is 0 Å². The van der Waals surface area contributed by atoms with Crippen molar-refractivity contribution >= 4 is 23.6 Å². The Morgan fingerprint density at radius 3 is 2.43 bits per heavy atom. The van der Waals surface area contributed by atoms with Gasteiger partial charge in [-0.3, -0.25) is 9.59 Å². The van der Waals surface area contributed by atoms with E-state index in [-0.39, 0.29) is 18.4 Å². The Labute approximate surface area is 129 Å². The average Bonchev–Trinajstić information content (AvgIpc) is 2.42. The van der Waals surface area contributed by atoms with Gasteiger partial charge >= 0.3 is 0 Å². The molecule has 0 saturated carbocycles. The molecule has 0 fully saturated rings. The van der Waals surface area contributed by atoms with Crippen LogP contribution in [0.3, 0.4) is 0 Å². The van der Waals surface area contributed by atoms with E-state index in [1.807, 2.05) is 31.2 Å². The maximum absolute atomic E-state index is 12.0. The molecule has 0 spiro atoms. The quantitative estimate of drug-likeness (QED) is 0.659. The molecule has 2 atom stereocenters. The highest BCUT2D eigenvalue weighted by atomic mass is 32.2. The van der Waals surface area contributed by atoms with Crippen molar-refractivity contribution in [3.05, 3.63) is 29.8 Å². The monoisotopic (exact) mass is 310 g/mol. The van der Waals surface area contributed by atoms with Gasteiger partial charge in [0.2, 0.25) is 11.8 Å². The Hall–Kier alpha value is -1.53. The molecule has 2 unspecified atom stereocenters. The number of thioether (sulfide) groups is 1. The first-order valence-corrected chi connectivity index (χ1v) is 7.79. The zero-order valence-electron chi connectivity index (χ0n) is 12.6. The average molecular weight is 310 g/mol. The molecule has 0 saturated heterocycles. The van der Waals surface area contributed by atoms with Crippen LogP contribution >= 0.6 is 11.8 Å². The van der Waals surface area contributed by atoms with E-state index in [1.54, 1.807) is 6.92 Å². The summed E-state index contributed by atoms with van der Waals surface area (Å²) in [6.45, 7) is 5.16. The van der Waals surface area contributed by atoms with Gasteiger partial charge in [0.05, 0.1) is 6.10 Å². The summed E-state index contributed by atoms with van der Waals surface area (Å²) in [4.78, 5) is 24.3. The number of aliphatic hydroxyl groups excluding tert-OH is 1. The highest BCUT2D eigenvalue weighted by Gasteiger charge is 2.19. The molecule has 0 bridgehead atoms. The molecule has 116 valence electrons. The minimum Gasteiger partial charge on any atom is -0.392 e. The molecular formula is C15H22N2O3S. The van der Waals surface area contributed by atoms with Crippen molar-refractivity contribution in [2.75, 3.05) is 12.3 Å². The molecule has 0 radical (unpaired) electrons. The molecule has 2 amide bonds. The van der Waals surface area contributed by atoms with Crippen molar-refractivity contribution in [1.82, 2.24) is 10.6 Å². The Balaban J connectivity index is 2.58. The van der Waals surface area contributed by atoms with Crippen LogP contribution in [0.4, 0.5) is 0 Å². The van der Waals surface area contributed by atoms with Crippen LogP contribution in [0.5, 0.6) is 0 Å². The Morgan fingerprint density at radius 1 is 1.29 bits per heavy atom. The van der Waals surface area contributed by atoms with Gasteiger partial charge in [-0.15, -0.1) is 11.8 Å². The Bertz CT molecular complexity index is 474. The Kier molecular flexibility index (Phi) is 7.25. The van der Waals surface area contributed by atoms with Gasteiger partial charge in [-0.05, 0) is 26.0 Å². The lowest BCUT2D eigenvalue weighted by molar-refractivity contribution is -0.127. The lowest BCUT2D eigenvalue weighted by Gasteiger charge is -2.18. The summed E-state index contributed by atoms with van der Waals surface area (Å²) in [6.07, 6.45) is -0.614. The smallest absolute Gasteiger partial charge is 0.243 e. The summed E-state index contributed by atoms with van der Waals surface area (Å²) in [5, 5.41) is 14.4. The van der Waals surface area contributed by atoms with Crippen molar-refractivity contribution in [1.29, 1.82) is 0 Å². The van der Waals surface area contributed by atoms with Crippen LogP contribution in [0.15, 0.2) is 29.2 Å². The van der Waals surface area contributed by atoms with E-state index in [0.29, 0.717) is 5.75 Å². The van der Waals surface area contributed by atoms with Gasteiger partial charge in [-0.25, -0.2) is 0 Å². The third-order valence-corrected chi connectivity index (χ3v) is 3.81. The number of carbonyl (C=O) groups excluding carboxylic acids is 2. The van der Waals surface area contributed by atoms with Gasteiger partial charge in [0.1, 0.15) is 6.04 Å². The van der Waals surface area contributed by atoms with Crippen LogP contribution in [0.1, 0.15) is 19.4 Å². The van der Waals surface area contributed by atoms with Crippen LogP contribution in [-0.4, -0.2) is 41.4 Å². The highest BCUT2D eigenvalue weighted by Crippen LogP contribution is 2.19. The molecule has 0 aliphatic heterocycles. The standard InChI is InChI=1S/C15H22N2O3S/c1-10-4-6-13(7-5-10)21-9-14(17-12(3)19)15(20)16-8-11(2)18/h4-7,11,14,18H,8-9H2,1-3H3,(H,16,20)(H,17,19). The van der Waals surface area contributed by atoms with E-state index in [2.05, 4.69) is 10.6 Å².